The SMILES string of the molecule is C=CCc1cc(/C=N/NC(=O)c2cc3ccccc3o2)cc(Br)c1OCC#N. The monoisotopic (exact) mass is 437 g/mol. The highest BCUT2D eigenvalue weighted by Crippen LogP contribution is 2.31. The first kappa shape index (κ1) is 19.4. The Balaban J connectivity index is 1.75. The molecule has 0 bridgehead atoms. The average molecular weight is 438 g/mol. The third kappa shape index (κ3) is 4.48. The number of benzene rings is 2. The van der Waals surface area contributed by atoms with E-state index in [9.17, 15) is 4.79 Å². The minimum absolute atomic E-state index is 0.0518. The van der Waals surface area contributed by atoms with Gasteiger partial charge in [-0.1, -0.05) is 24.3 Å². The predicted molar refractivity (Wildman–Crippen MR) is 110 cm³/mol. The molecule has 2 aromatic carbocycles. The lowest BCUT2D eigenvalue weighted by Crippen LogP contribution is -2.16. The van der Waals surface area contributed by atoms with Crippen LogP contribution in [-0.4, -0.2) is 18.7 Å². The van der Waals surface area contributed by atoms with Gasteiger partial charge in [-0.15, -0.1) is 6.58 Å². The number of para-hydroxylation sites is 1. The zero-order valence-electron chi connectivity index (χ0n) is 14.8. The Bertz CT molecular complexity index is 1060. The molecule has 0 spiro atoms. The molecule has 6 nitrogen and oxygen atoms in total. The zero-order chi connectivity index (χ0) is 19.9. The van der Waals surface area contributed by atoms with Crippen molar-refractivity contribution < 1.29 is 13.9 Å². The Hall–Kier alpha value is -3.37. The number of fused-ring (bicyclic) bond motifs is 1. The number of hydrazone groups is 1. The van der Waals surface area contributed by atoms with Crippen molar-refractivity contribution in [3.63, 3.8) is 0 Å². The summed E-state index contributed by atoms with van der Waals surface area (Å²) in [7, 11) is 0. The topological polar surface area (TPSA) is 87.6 Å². The van der Waals surface area contributed by atoms with Crippen LogP contribution >= 0.6 is 15.9 Å². The Morgan fingerprint density at radius 2 is 2.18 bits per heavy atom. The largest absolute Gasteiger partial charge is 0.477 e. The number of ether oxygens (including phenoxy) is 1. The van der Waals surface area contributed by atoms with Crippen molar-refractivity contribution in [3.8, 4) is 11.8 Å². The standard InChI is InChI=1S/C21H16BrN3O3/c1-2-5-16-10-14(11-17(22)20(16)27-9-8-23)13-24-25-21(26)19-12-15-6-3-4-7-18(15)28-19/h2-4,6-7,10-13H,1,5,9H2,(H,25,26)/b24-13+. The number of rotatable bonds is 7. The summed E-state index contributed by atoms with van der Waals surface area (Å²) >= 11 is 3.44. The van der Waals surface area contributed by atoms with Crippen LogP contribution in [0.4, 0.5) is 0 Å². The molecule has 0 saturated heterocycles. The fraction of sp³-hybridized carbons (Fsp3) is 0.0952. The fourth-order valence-corrected chi connectivity index (χ4v) is 3.27. The molecule has 0 saturated carbocycles. The summed E-state index contributed by atoms with van der Waals surface area (Å²) in [5, 5.41) is 13.6. The number of carbonyl (C=O) groups is 1. The van der Waals surface area contributed by atoms with Crippen LogP contribution in [0.1, 0.15) is 21.7 Å². The first-order valence-corrected chi connectivity index (χ1v) is 9.16. The maximum Gasteiger partial charge on any atom is 0.307 e. The summed E-state index contributed by atoms with van der Waals surface area (Å²) in [5.74, 6) is 0.337. The maximum atomic E-state index is 12.2. The molecule has 1 aromatic heterocycles. The third-order valence-electron chi connectivity index (χ3n) is 3.82. The normalized spacial score (nSPS) is 10.7. The number of nitriles is 1. The van der Waals surface area contributed by atoms with Gasteiger partial charge in [0.1, 0.15) is 17.4 Å². The molecule has 0 aliphatic carbocycles. The quantitative estimate of drug-likeness (QED) is 0.332. The molecule has 3 aromatic rings. The van der Waals surface area contributed by atoms with Gasteiger partial charge in [-0.3, -0.25) is 4.79 Å². The van der Waals surface area contributed by atoms with Gasteiger partial charge in [-0.05, 0) is 57.7 Å². The van der Waals surface area contributed by atoms with Crippen LogP contribution in [0.2, 0.25) is 0 Å². The van der Waals surface area contributed by atoms with Crippen LogP contribution in [0.15, 0.2) is 69.1 Å². The van der Waals surface area contributed by atoms with E-state index in [1.165, 1.54) is 6.21 Å². The molecule has 0 unspecified atom stereocenters. The van der Waals surface area contributed by atoms with Gasteiger partial charge in [-0.25, -0.2) is 5.43 Å². The van der Waals surface area contributed by atoms with Crippen molar-refractivity contribution in [2.24, 2.45) is 5.10 Å². The molecule has 140 valence electrons. The van der Waals surface area contributed by atoms with Crippen molar-refractivity contribution in [2.75, 3.05) is 6.61 Å². The van der Waals surface area contributed by atoms with Crippen LogP contribution < -0.4 is 10.2 Å². The van der Waals surface area contributed by atoms with Gasteiger partial charge in [-0.2, -0.15) is 10.4 Å². The third-order valence-corrected chi connectivity index (χ3v) is 4.41. The second kappa shape index (κ2) is 9.02. The van der Waals surface area contributed by atoms with E-state index in [1.807, 2.05) is 30.3 Å². The van der Waals surface area contributed by atoms with Crippen molar-refractivity contribution in [1.82, 2.24) is 5.43 Å². The van der Waals surface area contributed by atoms with E-state index in [0.717, 1.165) is 16.5 Å². The van der Waals surface area contributed by atoms with E-state index in [1.54, 1.807) is 24.3 Å². The number of amides is 1. The van der Waals surface area contributed by atoms with E-state index in [0.29, 0.717) is 22.2 Å². The molecular formula is C21H16BrN3O3. The van der Waals surface area contributed by atoms with Crippen LogP contribution in [0.25, 0.3) is 11.0 Å². The van der Waals surface area contributed by atoms with Gasteiger partial charge in [0.05, 0.1) is 10.7 Å². The Labute approximate surface area is 170 Å². The maximum absolute atomic E-state index is 12.2. The number of hydrogen-bond acceptors (Lipinski definition) is 5. The molecule has 1 amide bonds. The molecule has 0 atom stereocenters. The smallest absolute Gasteiger partial charge is 0.307 e. The lowest BCUT2D eigenvalue weighted by Gasteiger charge is -2.11. The van der Waals surface area contributed by atoms with Gasteiger partial charge < -0.3 is 9.15 Å². The fourth-order valence-electron chi connectivity index (χ4n) is 2.64. The van der Waals surface area contributed by atoms with Crippen LogP contribution in [-0.2, 0) is 6.42 Å². The molecular weight excluding hydrogens is 422 g/mol. The van der Waals surface area contributed by atoms with Gasteiger partial charge in [0.15, 0.2) is 12.4 Å². The number of nitrogens with zero attached hydrogens (tertiary/aromatic N) is 2. The van der Waals surface area contributed by atoms with Crippen LogP contribution in [0.5, 0.6) is 5.75 Å². The number of hydrogen-bond donors (Lipinski definition) is 1. The van der Waals surface area contributed by atoms with Crippen molar-refractivity contribution >= 4 is 39.0 Å². The highest BCUT2D eigenvalue weighted by atomic mass is 79.9. The van der Waals surface area contributed by atoms with Crippen LogP contribution in [0, 0.1) is 11.3 Å². The summed E-state index contributed by atoms with van der Waals surface area (Å²) in [6.45, 7) is 3.68. The van der Waals surface area contributed by atoms with E-state index in [-0.39, 0.29) is 12.4 Å². The lowest BCUT2D eigenvalue weighted by molar-refractivity contribution is 0.0929. The number of halogens is 1. The Kier molecular flexibility index (Phi) is 6.25. The molecule has 1 N–H and O–H groups in total. The first-order chi connectivity index (χ1) is 13.6. The number of allylic oxidation sites excluding steroid dienone is 1. The summed E-state index contributed by atoms with van der Waals surface area (Å²) in [4.78, 5) is 12.2. The summed E-state index contributed by atoms with van der Waals surface area (Å²) in [6.07, 6.45) is 3.82. The molecule has 0 fully saturated rings. The molecule has 7 heteroatoms. The second-order valence-electron chi connectivity index (χ2n) is 5.78. The molecule has 3 rings (SSSR count). The molecule has 0 aliphatic heterocycles. The van der Waals surface area contributed by atoms with Crippen molar-refractivity contribution in [3.05, 3.63) is 76.5 Å². The summed E-state index contributed by atoms with van der Waals surface area (Å²) < 4.78 is 11.7. The predicted octanol–water partition coefficient (Wildman–Crippen LogP) is 4.59. The van der Waals surface area contributed by atoms with Gasteiger partial charge in [0, 0.05) is 5.39 Å². The summed E-state index contributed by atoms with van der Waals surface area (Å²) in [6, 6.07) is 14.6. The Morgan fingerprint density at radius 3 is 2.93 bits per heavy atom. The van der Waals surface area contributed by atoms with E-state index < -0.39 is 5.91 Å². The van der Waals surface area contributed by atoms with Gasteiger partial charge >= 0.3 is 5.91 Å². The zero-order valence-corrected chi connectivity index (χ0v) is 16.4. The van der Waals surface area contributed by atoms with Crippen molar-refractivity contribution in [2.45, 2.75) is 6.42 Å². The van der Waals surface area contributed by atoms with Gasteiger partial charge in [0.2, 0.25) is 0 Å². The van der Waals surface area contributed by atoms with E-state index >= 15 is 0 Å². The molecule has 0 radical (unpaired) electrons. The molecule has 28 heavy (non-hydrogen) atoms. The van der Waals surface area contributed by atoms with Crippen molar-refractivity contribution in [1.29, 1.82) is 5.26 Å². The highest BCUT2D eigenvalue weighted by molar-refractivity contribution is 9.10. The summed E-state index contributed by atoms with van der Waals surface area (Å²) in [5.41, 5.74) is 4.70. The highest BCUT2D eigenvalue weighted by Gasteiger charge is 2.12. The minimum atomic E-state index is -0.438. The van der Waals surface area contributed by atoms with Crippen LogP contribution in [0.3, 0.4) is 0 Å². The van der Waals surface area contributed by atoms with E-state index in [2.05, 4.69) is 33.0 Å². The lowest BCUT2D eigenvalue weighted by atomic mass is 10.1. The first-order valence-electron chi connectivity index (χ1n) is 8.37. The van der Waals surface area contributed by atoms with Gasteiger partial charge in [0.25, 0.3) is 0 Å². The Morgan fingerprint density at radius 1 is 1.36 bits per heavy atom. The number of carbonyl (C=O) groups excluding carboxylic acids is 1. The number of furan rings is 1. The molecule has 1 heterocycles. The van der Waals surface area contributed by atoms with E-state index in [4.69, 9.17) is 14.4 Å². The molecule has 0 aliphatic rings. The second-order valence-corrected chi connectivity index (χ2v) is 6.63. The minimum Gasteiger partial charge on any atom is -0.477 e. The number of nitrogens with one attached hydrogen (secondary N) is 1. The average Bonchev–Trinajstić information content (AvgIpc) is 3.12.